The molecule has 2 N–H and O–H groups in total. The number of nitrogens with one attached hydrogen (secondary N) is 2. The molecule has 4 rings (SSSR count). The van der Waals surface area contributed by atoms with Crippen LogP contribution in [0.2, 0.25) is 0 Å². The quantitative estimate of drug-likeness (QED) is 0.757. The van der Waals surface area contributed by atoms with Crippen molar-refractivity contribution >= 4 is 12.4 Å². The molecular formula is C20H38ClN3O2. The molecule has 0 spiro atoms. The standard InChI is InChI=1S/C20H37N3O2.ClH/c1-2-7-20(8-3-1,23-10-13-24-14-11-23)16-22-18-6-4-5-17(18)19-15-25-12-9-21-19;/h17-19,21-22H,1-16H2;1H. The van der Waals surface area contributed by atoms with Crippen LogP contribution in [0.15, 0.2) is 0 Å². The molecule has 2 saturated carbocycles. The first kappa shape index (κ1) is 20.8. The summed E-state index contributed by atoms with van der Waals surface area (Å²) in [6, 6.07) is 1.22. The van der Waals surface area contributed by atoms with Gasteiger partial charge in [-0.25, -0.2) is 0 Å². The number of nitrogens with zero attached hydrogens (tertiary/aromatic N) is 1. The third kappa shape index (κ3) is 4.73. The largest absolute Gasteiger partial charge is 0.379 e. The first-order valence-electron chi connectivity index (χ1n) is 10.7. The van der Waals surface area contributed by atoms with Crippen LogP contribution in [-0.4, -0.2) is 75.1 Å². The molecule has 0 aromatic heterocycles. The molecule has 0 aromatic rings. The predicted octanol–water partition coefficient (Wildman–Crippen LogP) is 2.19. The van der Waals surface area contributed by atoms with Crippen LogP contribution >= 0.6 is 12.4 Å². The van der Waals surface area contributed by atoms with Gasteiger partial charge in [-0.2, -0.15) is 0 Å². The second-order valence-corrected chi connectivity index (χ2v) is 8.60. The summed E-state index contributed by atoms with van der Waals surface area (Å²) in [7, 11) is 0. The molecule has 6 heteroatoms. The van der Waals surface area contributed by atoms with E-state index in [1.54, 1.807) is 0 Å². The van der Waals surface area contributed by atoms with Gasteiger partial charge in [0.05, 0.1) is 26.4 Å². The molecule has 0 aromatic carbocycles. The lowest BCUT2D eigenvalue weighted by molar-refractivity contribution is -0.0386. The van der Waals surface area contributed by atoms with E-state index < -0.39 is 0 Å². The van der Waals surface area contributed by atoms with E-state index in [9.17, 15) is 0 Å². The molecule has 3 atom stereocenters. The van der Waals surface area contributed by atoms with Crippen molar-refractivity contribution in [2.75, 3.05) is 52.6 Å². The van der Waals surface area contributed by atoms with E-state index in [0.717, 1.165) is 52.0 Å². The summed E-state index contributed by atoms with van der Waals surface area (Å²) in [4.78, 5) is 2.76. The van der Waals surface area contributed by atoms with E-state index in [0.29, 0.717) is 17.6 Å². The van der Waals surface area contributed by atoms with Crippen LogP contribution in [-0.2, 0) is 9.47 Å². The van der Waals surface area contributed by atoms with Crippen LogP contribution in [0, 0.1) is 5.92 Å². The molecule has 2 saturated heterocycles. The lowest BCUT2D eigenvalue weighted by atomic mass is 9.79. The van der Waals surface area contributed by atoms with Crippen molar-refractivity contribution in [3.05, 3.63) is 0 Å². The highest BCUT2D eigenvalue weighted by atomic mass is 35.5. The molecule has 152 valence electrons. The second kappa shape index (κ2) is 10.0. The van der Waals surface area contributed by atoms with Gasteiger partial charge >= 0.3 is 0 Å². The van der Waals surface area contributed by atoms with Gasteiger partial charge in [0.25, 0.3) is 0 Å². The smallest absolute Gasteiger partial charge is 0.0623 e. The van der Waals surface area contributed by atoms with Crippen LogP contribution in [0.1, 0.15) is 51.4 Å². The predicted molar refractivity (Wildman–Crippen MR) is 107 cm³/mol. The Hall–Kier alpha value is 0.0900. The molecule has 2 heterocycles. The molecule has 0 bridgehead atoms. The van der Waals surface area contributed by atoms with Crippen molar-refractivity contribution in [2.45, 2.75) is 69.0 Å². The maximum absolute atomic E-state index is 5.74. The number of morpholine rings is 2. The number of hydrogen-bond acceptors (Lipinski definition) is 5. The zero-order valence-electron chi connectivity index (χ0n) is 16.2. The molecule has 0 radical (unpaired) electrons. The van der Waals surface area contributed by atoms with Crippen molar-refractivity contribution in [3.8, 4) is 0 Å². The molecule has 3 unspecified atom stereocenters. The average molecular weight is 388 g/mol. The lowest BCUT2D eigenvalue weighted by Gasteiger charge is -2.49. The maximum atomic E-state index is 5.74. The summed E-state index contributed by atoms with van der Waals surface area (Å²) < 4.78 is 11.4. The van der Waals surface area contributed by atoms with Crippen LogP contribution in [0.3, 0.4) is 0 Å². The van der Waals surface area contributed by atoms with Gasteiger partial charge in [-0.3, -0.25) is 4.90 Å². The van der Waals surface area contributed by atoms with Gasteiger partial charge in [0.1, 0.15) is 0 Å². The van der Waals surface area contributed by atoms with Gasteiger partial charge in [-0.15, -0.1) is 12.4 Å². The third-order valence-electron chi connectivity index (χ3n) is 7.20. The summed E-state index contributed by atoms with van der Waals surface area (Å²) >= 11 is 0. The molecule has 26 heavy (non-hydrogen) atoms. The van der Waals surface area contributed by atoms with Crippen LogP contribution in [0.4, 0.5) is 0 Å². The molecule has 4 fully saturated rings. The minimum atomic E-state index is 0. The fourth-order valence-corrected chi connectivity index (χ4v) is 5.76. The first-order valence-corrected chi connectivity index (χ1v) is 10.7. The molecule has 2 aliphatic carbocycles. The highest BCUT2D eigenvalue weighted by Crippen LogP contribution is 2.35. The minimum absolute atomic E-state index is 0. The Labute approximate surface area is 165 Å². The van der Waals surface area contributed by atoms with Gasteiger partial charge in [-0.1, -0.05) is 25.7 Å². The third-order valence-corrected chi connectivity index (χ3v) is 7.20. The summed E-state index contributed by atoms with van der Waals surface area (Å²) in [6.07, 6.45) is 11.0. The Kier molecular flexibility index (Phi) is 8.03. The fraction of sp³-hybridized carbons (Fsp3) is 1.00. The topological polar surface area (TPSA) is 45.8 Å². The van der Waals surface area contributed by atoms with Crippen molar-refractivity contribution in [2.24, 2.45) is 5.92 Å². The van der Waals surface area contributed by atoms with Crippen LogP contribution < -0.4 is 10.6 Å². The fourth-order valence-electron chi connectivity index (χ4n) is 5.76. The second-order valence-electron chi connectivity index (χ2n) is 8.60. The summed E-state index contributed by atoms with van der Waals surface area (Å²) in [5.74, 6) is 0.741. The summed E-state index contributed by atoms with van der Waals surface area (Å²) in [6.45, 7) is 8.03. The Morgan fingerprint density at radius 1 is 0.962 bits per heavy atom. The van der Waals surface area contributed by atoms with Crippen LogP contribution in [0.5, 0.6) is 0 Å². The van der Waals surface area contributed by atoms with Gasteiger partial charge < -0.3 is 20.1 Å². The normalized spacial score (nSPS) is 35.8. The zero-order chi connectivity index (χ0) is 17.0. The highest BCUT2D eigenvalue weighted by molar-refractivity contribution is 5.85. The van der Waals surface area contributed by atoms with Gasteiger partial charge in [0, 0.05) is 43.8 Å². The zero-order valence-corrected chi connectivity index (χ0v) is 17.0. The Morgan fingerprint density at radius 2 is 1.77 bits per heavy atom. The van der Waals surface area contributed by atoms with Crippen molar-refractivity contribution in [1.29, 1.82) is 0 Å². The van der Waals surface area contributed by atoms with Gasteiger partial charge in [-0.05, 0) is 31.6 Å². The number of hydrogen-bond donors (Lipinski definition) is 2. The number of rotatable bonds is 5. The van der Waals surface area contributed by atoms with E-state index in [2.05, 4.69) is 15.5 Å². The monoisotopic (exact) mass is 387 g/mol. The van der Waals surface area contributed by atoms with Gasteiger partial charge in [0.15, 0.2) is 0 Å². The highest BCUT2D eigenvalue weighted by Gasteiger charge is 2.41. The summed E-state index contributed by atoms with van der Waals surface area (Å²) in [5, 5.41) is 7.77. The first-order chi connectivity index (χ1) is 12.4. The van der Waals surface area contributed by atoms with Crippen LogP contribution in [0.25, 0.3) is 0 Å². The van der Waals surface area contributed by atoms with E-state index in [-0.39, 0.29) is 12.4 Å². The maximum Gasteiger partial charge on any atom is 0.0623 e. The van der Waals surface area contributed by atoms with Crippen molar-refractivity contribution < 1.29 is 9.47 Å². The van der Waals surface area contributed by atoms with Crippen molar-refractivity contribution in [1.82, 2.24) is 15.5 Å². The lowest BCUT2D eigenvalue weighted by Crippen LogP contribution is -2.61. The molecule has 5 nitrogen and oxygen atoms in total. The Morgan fingerprint density at radius 3 is 2.50 bits per heavy atom. The summed E-state index contributed by atoms with van der Waals surface area (Å²) in [5.41, 5.74) is 0.381. The van der Waals surface area contributed by atoms with Crippen molar-refractivity contribution in [3.63, 3.8) is 0 Å². The Balaban J connectivity index is 0.00000196. The van der Waals surface area contributed by atoms with E-state index in [1.165, 1.54) is 57.9 Å². The minimum Gasteiger partial charge on any atom is -0.379 e. The van der Waals surface area contributed by atoms with E-state index in [1.807, 2.05) is 0 Å². The molecule has 0 amide bonds. The molecule has 2 aliphatic heterocycles. The number of halogens is 1. The average Bonchev–Trinajstić information content (AvgIpc) is 3.17. The Bertz CT molecular complexity index is 408. The van der Waals surface area contributed by atoms with Gasteiger partial charge in [0.2, 0.25) is 0 Å². The SMILES string of the molecule is C1CCC(CNC2CCCC2C2COCCN2)(N2CCOCC2)CC1.Cl. The van der Waals surface area contributed by atoms with E-state index in [4.69, 9.17) is 9.47 Å². The van der Waals surface area contributed by atoms with E-state index >= 15 is 0 Å². The molecule has 4 aliphatic rings. The molecular weight excluding hydrogens is 350 g/mol. The number of ether oxygens (including phenoxy) is 2.